The van der Waals surface area contributed by atoms with Gasteiger partial charge in [0.25, 0.3) is 0 Å². The fourth-order valence-electron chi connectivity index (χ4n) is 4.99. The molecular weight excluding hydrogens is 528 g/mol. The summed E-state index contributed by atoms with van der Waals surface area (Å²) >= 11 is 0. The number of rotatable bonds is 10. The van der Waals surface area contributed by atoms with Crippen LogP contribution in [0, 0.1) is 20.8 Å². The van der Waals surface area contributed by atoms with E-state index in [4.69, 9.17) is 9.47 Å². The summed E-state index contributed by atoms with van der Waals surface area (Å²) < 4.78 is 11.9. The molecular formula is C33H38N6O3. The normalized spacial score (nSPS) is 13.5. The number of para-hydroxylation sites is 2. The van der Waals surface area contributed by atoms with Gasteiger partial charge in [0.05, 0.1) is 12.3 Å². The van der Waals surface area contributed by atoms with Gasteiger partial charge in [-0.3, -0.25) is 4.90 Å². The topological polar surface area (TPSA) is 91.8 Å². The molecule has 2 heterocycles. The van der Waals surface area contributed by atoms with E-state index < -0.39 is 0 Å². The minimum atomic E-state index is -0.350. The minimum absolute atomic E-state index is 0.295. The van der Waals surface area contributed by atoms with Crippen molar-refractivity contribution in [2.45, 2.75) is 27.2 Å². The minimum Gasteiger partial charge on any atom is -0.491 e. The van der Waals surface area contributed by atoms with Crippen molar-refractivity contribution in [2.75, 3.05) is 54.9 Å². The Bertz CT molecular complexity index is 1450. The highest BCUT2D eigenvalue weighted by Gasteiger charge is 2.17. The van der Waals surface area contributed by atoms with Crippen LogP contribution in [-0.4, -0.2) is 60.2 Å². The van der Waals surface area contributed by atoms with Gasteiger partial charge in [-0.05, 0) is 81.3 Å². The number of amides is 2. The number of nitrogens with one attached hydrogen (secondary N) is 2. The SMILES string of the molecule is Cc1cc(C)nc(Oc2ccc(NC(=O)Nc3c(C)cccc3OCCCN3CCN(c4ccccc4)CC3)cc2)n1. The first kappa shape index (κ1) is 28.9. The van der Waals surface area contributed by atoms with E-state index in [1.165, 1.54) is 5.69 Å². The molecule has 1 saturated heterocycles. The largest absolute Gasteiger partial charge is 0.491 e. The maximum absolute atomic E-state index is 12.9. The van der Waals surface area contributed by atoms with Gasteiger partial charge >= 0.3 is 12.0 Å². The molecule has 0 bridgehead atoms. The maximum Gasteiger partial charge on any atom is 0.323 e. The van der Waals surface area contributed by atoms with Crippen molar-refractivity contribution in [2.24, 2.45) is 0 Å². The van der Waals surface area contributed by atoms with Crippen molar-refractivity contribution < 1.29 is 14.3 Å². The highest BCUT2D eigenvalue weighted by atomic mass is 16.5. The molecule has 4 aromatic rings. The third kappa shape index (κ3) is 7.98. The Hall–Kier alpha value is -4.63. The zero-order valence-electron chi connectivity index (χ0n) is 24.5. The van der Waals surface area contributed by atoms with Gasteiger partial charge in [-0.2, -0.15) is 0 Å². The smallest absolute Gasteiger partial charge is 0.323 e. The number of hydrogen-bond donors (Lipinski definition) is 2. The highest BCUT2D eigenvalue weighted by molar-refractivity contribution is 6.01. The second kappa shape index (κ2) is 13.8. The van der Waals surface area contributed by atoms with Gasteiger partial charge in [0.2, 0.25) is 0 Å². The Morgan fingerprint density at radius 3 is 2.26 bits per heavy atom. The number of ether oxygens (including phenoxy) is 2. The second-order valence-corrected chi connectivity index (χ2v) is 10.5. The molecule has 9 heteroatoms. The first-order valence-electron chi connectivity index (χ1n) is 14.4. The first-order chi connectivity index (χ1) is 20.4. The van der Waals surface area contributed by atoms with Gasteiger partial charge < -0.3 is 25.0 Å². The lowest BCUT2D eigenvalue weighted by atomic mass is 10.2. The van der Waals surface area contributed by atoms with Crippen LogP contribution in [0.4, 0.5) is 21.9 Å². The summed E-state index contributed by atoms with van der Waals surface area (Å²) in [6, 6.07) is 25.3. The van der Waals surface area contributed by atoms with Crippen molar-refractivity contribution in [1.82, 2.24) is 14.9 Å². The number of benzene rings is 3. The van der Waals surface area contributed by atoms with Crippen LogP contribution in [0.25, 0.3) is 0 Å². The van der Waals surface area contributed by atoms with Crippen molar-refractivity contribution in [3.8, 4) is 17.5 Å². The summed E-state index contributed by atoms with van der Waals surface area (Å²) in [5.74, 6) is 1.25. The molecule has 0 unspecified atom stereocenters. The second-order valence-electron chi connectivity index (χ2n) is 10.5. The van der Waals surface area contributed by atoms with Crippen LogP contribution in [0.2, 0.25) is 0 Å². The van der Waals surface area contributed by atoms with Crippen molar-refractivity contribution >= 4 is 23.1 Å². The Morgan fingerprint density at radius 1 is 0.833 bits per heavy atom. The highest BCUT2D eigenvalue weighted by Crippen LogP contribution is 2.29. The first-order valence-corrected chi connectivity index (χ1v) is 14.4. The number of urea groups is 1. The molecule has 42 heavy (non-hydrogen) atoms. The molecule has 218 valence electrons. The van der Waals surface area contributed by atoms with Gasteiger partial charge in [0.1, 0.15) is 11.5 Å². The molecule has 1 aromatic heterocycles. The van der Waals surface area contributed by atoms with Gasteiger partial charge in [-0.1, -0.05) is 30.3 Å². The third-order valence-electron chi connectivity index (χ3n) is 7.13. The van der Waals surface area contributed by atoms with Crippen LogP contribution in [0.5, 0.6) is 17.5 Å². The van der Waals surface area contributed by atoms with Gasteiger partial charge in [0.15, 0.2) is 0 Å². The Morgan fingerprint density at radius 2 is 1.55 bits per heavy atom. The predicted molar refractivity (Wildman–Crippen MR) is 167 cm³/mol. The number of hydrogen-bond acceptors (Lipinski definition) is 7. The molecule has 1 aliphatic heterocycles. The predicted octanol–water partition coefficient (Wildman–Crippen LogP) is 6.43. The van der Waals surface area contributed by atoms with Crippen LogP contribution in [0.3, 0.4) is 0 Å². The molecule has 0 radical (unpaired) electrons. The maximum atomic E-state index is 12.9. The molecule has 0 spiro atoms. The molecule has 2 N–H and O–H groups in total. The summed E-state index contributed by atoms with van der Waals surface area (Å²) in [7, 11) is 0. The summed E-state index contributed by atoms with van der Waals surface area (Å²) in [6.45, 7) is 11.4. The lowest BCUT2D eigenvalue weighted by Crippen LogP contribution is -2.46. The molecule has 0 aliphatic carbocycles. The lowest BCUT2D eigenvalue weighted by Gasteiger charge is -2.36. The zero-order valence-corrected chi connectivity index (χ0v) is 24.5. The van der Waals surface area contributed by atoms with Crippen LogP contribution < -0.4 is 25.0 Å². The van der Waals surface area contributed by atoms with E-state index in [-0.39, 0.29) is 6.03 Å². The number of aryl methyl sites for hydroxylation is 3. The Kier molecular flexibility index (Phi) is 9.51. The van der Waals surface area contributed by atoms with E-state index >= 15 is 0 Å². The van der Waals surface area contributed by atoms with E-state index in [0.717, 1.165) is 56.1 Å². The van der Waals surface area contributed by atoms with E-state index in [2.05, 4.69) is 60.7 Å². The van der Waals surface area contributed by atoms with E-state index in [1.54, 1.807) is 24.3 Å². The third-order valence-corrected chi connectivity index (χ3v) is 7.13. The summed E-state index contributed by atoms with van der Waals surface area (Å²) in [5.41, 5.74) is 5.19. The summed E-state index contributed by atoms with van der Waals surface area (Å²) in [6.07, 6.45) is 0.909. The lowest BCUT2D eigenvalue weighted by molar-refractivity contribution is 0.225. The Balaban J connectivity index is 1.08. The number of piperazine rings is 1. The van der Waals surface area contributed by atoms with Crippen LogP contribution >= 0.6 is 0 Å². The van der Waals surface area contributed by atoms with Gasteiger partial charge in [0, 0.05) is 55.5 Å². The van der Waals surface area contributed by atoms with Crippen molar-refractivity contribution in [3.05, 3.63) is 95.8 Å². The number of carbonyl (C=O) groups is 1. The van der Waals surface area contributed by atoms with E-state index in [1.807, 2.05) is 45.0 Å². The molecule has 1 fully saturated rings. The molecule has 5 rings (SSSR count). The van der Waals surface area contributed by atoms with Gasteiger partial charge in [-0.25, -0.2) is 14.8 Å². The number of aromatic nitrogens is 2. The Labute approximate surface area is 247 Å². The monoisotopic (exact) mass is 566 g/mol. The number of nitrogens with zero attached hydrogens (tertiary/aromatic N) is 4. The number of carbonyl (C=O) groups excluding carboxylic acids is 1. The van der Waals surface area contributed by atoms with Crippen LogP contribution in [0.15, 0.2) is 78.9 Å². The molecule has 0 atom stereocenters. The average Bonchev–Trinajstić information content (AvgIpc) is 2.98. The average molecular weight is 567 g/mol. The summed E-state index contributed by atoms with van der Waals surface area (Å²) in [4.78, 5) is 26.4. The fourth-order valence-corrected chi connectivity index (χ4v) is 4.99. The van der Waals surface area contributed by atoms with Crippen molar-refractivity contribution in [3.63, 3.8) is 0 Å². The van der Waals surface area contributed by atoms with Crippen LogP contribution in [0.1, 0.15) is 23.4 Å². The van der Waals surface area contributed by atoms with Gasteiger partial charge in [-0.15, -0.1) is 0 Å². The molecule has 3 aromatic carbocycles. The van der Waals surface area contributed by atoms with E-state index in [0.29, 0.717) is 35.5 Å². The van der Waals surface area contributed by atoms with Crippen LogP contribution in [-0.2, 0) is 0 Å². The zero-order chi connectivity index (χ0) is 29.3. The number of anilines is 3. The van der Waals surface area contributed by atoms with Crippen molar-refractivity contribution in [1.29, 1.82) is 0 Å². The molecule has 2 amide bonds. The van der Waals surface area contributed by atoms with E-state index in [9.17, 15) is 4.79 Å². The standard InChI is InChI=1S/C33H38N6O3/c1-24-9-7-12-30(41-22-8-17-38-18-20-39(21-19-38)28-10-5-4-6-11-28)31(24)37-32(40)36-27-13-15-29(16-14-27)42-33-34-25(2)23-26(3)35-33/h4-7,9-16,23H,8,17-22H2,1-3H3,(H2,36,37,40). The fraction of sp³-hybridized carbons (Fsp3) is 0.303. The molecule has 0 saturated carbocycles. The molecule has 9 nitrogen and oxygen atoms in total. The summed E-state index contributed by atoms with van der Waals surface area (Å²) in [5, 5.41) is 5.84. The quantitative estimate of drug-likeness (QED) is 0.214. The molecule has 1 aliphatic rings.